The number of nitrogens with one attached hydrogen (secondary N) is 2. The van der Waals surface area contributed by atoms with Crippen LogP contribution in [-0.4, -0.2) is 28.6 Å². The summed E-state index contributed by atoms with van der Waals surface area (Å²) in [5.41, 5.74) is 0. The van der Waals surface area contributed by atoms with E-state index in [1.54, 1.807) is 0 Å². The van der Waals surface area contributed by atoms with Crippen LogP contribution < -0.4 is 10.6 Å². The first-order valence-corrected chi connectivity index (χ1v) is 5.54. The topological polar surface area (TPSA) is 91.3 Å². The van der Waals surface area contributed by atoms with E-state index < -0.39 is 5.97 Å². The molecule has 1 aromatic heterocycles. The Morgan fingerprint density at radius 3 is 2.75 bits per heavy atom. The lowest BCUT2D eigenvalue weighted by molar-refractivity contribution is 0.0702. The minimum absolute atomic E-state index is 0.0964. The number of carboxylic acid groups (broad SMARTS) is 1. The van der Waals surface area contributed by atoms with E-state index in [1.807, 2.05) is 13.8 Å². The molecule has 0 radical (unpaired) electrons. The van der Waals surface area contributed by atoms with Gasteiger partial charge in [0.05, 0.1) is 6.20 Å². The van der Waals surface area contributed by atoms with Gasteiger partial charge in [0.1, 0.15) is 4.88 Å². The standard InChI is InChI=1S/C9H13N3O3S/c1-5(2)3-10-8(15)12-9-11-4-6(16-9)7(13)14/h4-5H,3H2,1-2H3,(H,13,14)(H2,10,11,12,15). The summed E-state index contributed by atoms with van der Waals surface area (Å²) in [6, 6.07) is -0.375. The molecule has 0 saturated heterocycles. The second-order valence-electron chi connectivity index (χ2n) is 3.56. The molecule has 0 bridgehead atoms. The summed E-state index contributed by atoms with van der Waals surface area (Å²) >= 11 is 0.921. The molecule has 0 unspecified atom stereocenters. The Kier molecular flexibility index (Phi) is 4.24. The number of anilines is 1. The van der Waals surface area contributed by atoms with E-state index in [9.17, 15) is 9.59 Å². The van der Waals surface area contributed by atoms with Gasteiger partial charge in [0, 0.05) is 6.54 Å². The Morgan fingerprint density at radius 1 is 1.56 bits per heavy atom. The van der Waals surface area contributed by atoms with Crippen molar-refractivity contribution in [3.8, 4) is 0 Å². The molecule has 1 aromatic rings. The zero-order valence-electron chi connectivity index (χ0n) is 8.98. The largest absolute Gasteiger partial charge is 0.477 e. The number of amides is 2. The molecule has 3 N–H and O–H groups in total. The van der Waals surface area contributed by atoms with Crippen molar-refractivity contribution in [1.82, 2.24) is 10.3 Å². The predicted molar refractivity (Wildman–Crippen MR) is 60.9 cm³/mol. The highest BCUT2D eigenvalue weighted by Crippen LogP contribution is 2.17. The fourth-order valence-electron chi connectivity index (χ4n) is 0.869. The number of rotatable bonds is 4. The third-order valence-corrected chi connectivity index (χ3v) is 2.51. The van der Waals surface area contributed by atoms with Crippen molar-refractivity contribution in [2.75, 3.05) is 11.9 Å². The summed E-state index contributed by atoms with van der Waals surface area (Å²) in [5, 5.41) is 14.0. The molecule has 7 heteroatoms. The lowest BCUT2D eigenvalue weighted by atomic mass is 10.2. The monoisotopic (exact) mass is 243 g/mol. The van der Waals surface area contributed by atoms with Crippen LogP contribution >= 0.6 is 11.3 Å². The number of aromatic carboxylic acids is 1. The van der Waals surface area contributed by atoms with E-state index in [1.165, 1.54) is 6.20 Å². The van der Waals surface area contributed by atoms with Gasteiger partial charge in [-0.1, -0.05) is 25.2 Å². The molecule has 0 aromatic carbocycles. The number of carbonyl (C=O) groups is 2. The summed E-state index contributed by atoms with van der Waals surface area (Å²) in [5.74, 6) is -0.690. The van der Waals surface area contributed by atoms with Crippen LogP contribution in [-0.2, 0) is 0 Å². The first-order chi connectivity index (χ1) is 7.49. The molecule has 0 aliphatic heterocycles. The van der Waals surface area contributed by atoms with Gasteiger partial charge in [-0.2, -0.15) is 0 Å². The van der Waals surface area contributed by atoms with E-state index in [0.29, 0.717) is 12.5 Å². The number of nitrogens with zero attached hydrogens (tertiary/aromatic N) is 1. The van der Waals surface area contributed by atoms with Gasteiger partial charge in [-0.3, -0.25) is 5.32 Å². The number of thiazole rings is 1. The highest BCUT2D eigenvalue weighted by Gasteiger charge is 2.10. The lowest BCUT2D eigenvalue weighted by Crippen LogP contribution is -2.31. The van der Waals surface area contributed by atoms with Gasteiger partial charge in [-0.15, -0.1) is 0 Å². The van der Waals surface area contributed by atoms with Gasteiger partial charge >= 0.3 is 12.0 Å². The van der Waals surface area contributed by atoms with Crippen LogP contribution in [0.5, 0.6) is 0 Å². The number of urea groups is 1. The number of hydrogen-bond acceptors (Lipinski definition) is 4. The normalized spacial score (nSPS) is 10.2. The number of hydrogen-bond donors (Lipinski definition) is 3. The maximum atomic E-state index is 11.3. The Morgan fingerprint density at radius 2 is 2.25 bits per heavy atom. The van der Waals surface area contributed by atoms with E-state index in [2.05, 4.69) is 15.6 Å². The van der Waals surface area contributed by atoms with Gasteiger partial charge in [0.15, 0.2) is 5.13 Å². The first kappa shape index (κ1) is 12.4. The second kappa shape index (κ2) is 5.45. The maximum Gasteiger partial charge on any atom is 0.347 e. The third-order valence-electron chi connectivity index (χ3n) is 1.61. The highest BCUT2D eigenvalue weighted by molar-refractivity contribution is 7.17. The predicted octanol–water partition coefficient (Wildman–Crippen LogP) is 1.62. The summed E-state index contributed by atoms with van der Waals surface area (Å²) in [6.07, 6.45) is 1.21. The second-order valence-corrected chi connectivity index (χ2v) is 4.59. The highest BCUT2D eigenvalue weighted by atomic mass is 32.1. The molecular weight excluding hydrogens is 230 g/mol. The fraction of sp³-hybridized carbons (Fsp3) is 0.444. The number of carboxylic acids is 1. The van der Waals surface area contributed by atoms with Crippen LogP contribution in [0.1, 0.15) is 23.5 Å². The molecule has 0 saturated carbocycles. The average Bonchev–Trinajstić information content (AvgIpc) is 2.63. The Labute approximate surface area is 96.7 Å². The van der Waals surface area contributed by atoms with Crippen molar-refractivity contribution < 1.29 is 14.7 Å². The van der Waals surface area contributed by atoms with Crippen LogP contribution in [0.3, 0.4) is 0 Å². The fourth-order valence-corrected chi connectivity index (χ4v) is 1.52. The molecule has 0 fully saturated rings. The van der Waals surface area contributed by atoms with E-state index in [0.717, 1.165) is 11.3 Å². The molecular formula is C9H13N3O3S. The van der Waals surface area contributed by atoms with Crippen molar-refractivity contribution >= 4 is 28.5 Å². The van der Waals surface area contributed by atoms with Crippen LogP contribution in [0, 0.1) is 5.92 Å². The average molecular weight is 243 g/mol. The summed E-state index contributed by atoms with van der Waals surface area (Å²) in [7, 11) is 0. The molecule has 16 heavy (non-hydrogen) atoms. The Balaban J connectivity index is 2.46. The molecule has 2 amide bonds. The first-order valence-electron chi connectivity index (χ1n) is 4.73. The van der Waals surface area contributed by atoms with Crippen LogP contribution in [0.4, 0.5) is 9.93 Å². The summed E-state index contributed by atoms with van der Waals surface area (Å²) in [6.45, 7) is 4.52. The molecule has 0 spiro atoms. The van der Waals surface area contributed by atoms with Crippen molar-refractivity contribution in [3.63, 3.8) is 0 Å². The molecule has 1 rings (SSSR count). The van der Waals surface area contributed by atoms with Gasteiger partial charge in [0.25, 0.3) is 0 Å². The smallest absolute Gasteiger partial charge is 0.347 e. The van der Waals surface area contributed by atoms with Crippen molar-refractivity contribution in [2.24, 2.45) is 5.92 Å². The Hall–Kier alpha value is -1.63. The maximum absolute atomic E-state index is 11.3. The van der Waals surface area contributed by atoms with Gasteiger partial charge in [-0.05, 0) is 5.92 Å². The van der Waals surface area contributed by atoms with Crippen molar-refractivity contribution in [2.45, 2.75) is 13.8 Å². The van der Waals surface area contributed by atoms with Crippen molar-refractivity contribution in [3.05, 3.63) is 11.1 Å². The SMILES string of the molecule is CC(C)CNC(=O)Nc1ncc(C(=O)O)s1. The minimum atomic E-state index is -1.05. The molecule has 0 aliphatic rings. The molecule has 0 atom stereocenters. The van der Waals surface area contributed by atoms with Gasteiger partial charge < -0.3 is 10.4 Å². The van der Waals surface area contributed by atoms with Crippen LogP contribution in [0.2, 0.25) is 0 Å². The Bertz CT molecular complexity index is 389. The number of carbonyl (C=O) groups excluding carboxylic acids is 1. The minimum Gasteiger partial charge on any atom is -0.477 e. The molecule has 88 valence electrons. The van der Waals surface area contributed by atoms with Gasteiger partial charge in [0.2, 0.25) is 0 Å². The van der Waals surface area contributed by atoms with E-state index >= 15 is 0 Å². The van der Waals surface area contributed by atoms with E-state index in [4.69, 9.17) is 5.11 Å². The molecule has 0 aliphatic carbocycles. The molecule has 1 heterocycles. The van der Waals surface area contributed by atoms with E-state index in [-0.39, 0.29) is 16.0 Å². The lowest BCUT2D eigenvalue weighted by Gasteiger charge is -2.06. The zero-order chi connectivity index (χ0) is 12.1. The molecule has 6 nitrogen and oxygen atoms in total. The third kappa shape index (κ3) is 3.85. The summed E-state index contributed by atoms with van der Waals surface area (Å²) in [4.78, 5) is 25.7. The number of aromatic nitrogens is 1. The van der Waals surface area contributed by atoms with Crippen LogP contribution in [0.25, 0.3) is 0 Å². The zero-order valence-corrected chi connectivity index (χ0v) is 9.80. The van der Waals surface area contributed by atoms with Crippen LogP contribution in [0.15, 0.2) is 6.20 Å². The van der Waals surface area contributed by atoms with Crippen molar-refractivity contribution in [1.29, 1.82) is 0 Å². The summed E-state index contributed by atoms with van der Waals surface area (Å²) < 4.78 is 0. The van der Waals surface area contributed by atoms with Gasteiger partial charge in [-0.25, -0.2) is 14.6 Å². The quantitative estimate of drug-likeness (QED) is 0.749.